The Balaban J connectivity index is 0.000000454. The highest BCUT2D eigenvalue weighted by molar-refractivity contribution is 5.96. The van der Waals surface area contributed by atoms with E-state index in [2.05, 4.69) is 45.9 Å². The van der Waals surface area contributed by atoms with Gasteiger partial charge in [-0.15, -0.1) is 0 Å². The maximum absolute atomic E-state index is 13.3. The molecule has 4 rings (SSSR count). The molecule has 3 aromatic rings. The van der Waals surface area contributed by atoms with Crippen molar-refractivity contribution in [1.29, 1.82) is 0 Å². The van der Waals surface area contributed by atoms with Gasteiger partial charge in [0.1, 0.15) is 0 Å². The number of carboxylic acids is 1. The molecule has 1 amide bonds. The lowest BCUT2D eigenvalue weighted by Gasteiger charge is -2.24. The number of aliphatic carboxylic acids is 1. The second-order valence-corrected chi connectivity index (χ2v) is 8.87. The molecule has 2 aromatic heterocycles. The van der Waals surface area contributed by atoms with Crippen molar-refractivity contribution in [1.82, 2.24) is 24.1 Å². The number of carboxylic acid groups (broad SMARTS) is 1. The van der Waals surface area contributed by atoms with Crippen molar-refractivity contribution >= 4 is 11.9 Å². The summed E-state index contributed by atoms with van der Waals surface area (Å²) < 4.78 is 35.6. The number of aryl methyl sites for hydroxylation is 2. The van der Waals surface area contributed by atoms with Gasteiger partial charge in [-0.25, -0.2) is 4.79 Å². The average molecular weight is 506 g/mol. The zero-order chi connectivity index (χ0) is 26.6. The first-order chi connectivity index (χ1) is 16.9. The Morgan fingerprint density at radius 1 is 1.17 bits per heavy atom. The Hall–Kier alpha value is -3.60. The van der Waals surface area contributed by atoms with Gasteiger partial charge >= 0.3 is 12.1 Å². The van der Waals surface area contributed by atoms with Gasteiger partial charge in [-0.2, -0.15) is 18.3 Å². The maximum atomic E-state index is 13.3. The molecule has 0 bridgehead atoms. The van der Waals surface area contributed by atoms with Gasteiger partial charge in [-0.1, -0.05) is 30.3 Å². The van der Waals surface area contributed by atoms with Crippen LogP contribution in [0.2, 0.25) is 0 Å². The molecule has 194 valence electrons. The molecule has 1 fully saturated rings. The van der Waals surface area contributed by atoms with E-state index in [4.69, 9.17) is 9.90 Å². The summed E-state index contributed by atoms with van der Waals surface area (Å²) in [5.74, 6) is -1.79. The van der Waals surface area contributed by atoms with Crippen molar-refractivity contribution in [3.8, 4) is 5.82 Å². The lowest BCUT2D eigenvalue weighted by Crippen LogP contribution is -2.36. The zero-order valence-electron chi connectivity index (χ0n) is 20.7. The van der Waals surface area contributed by atoms with Gasteiger partial charge in [-0.05, 0) is 38.9 Å². The molecule has 1 aliphatic rings. The average Bonchev–Trinajstić information content (AvgIpc) is 3.53. The van der Waals surface area contributed by atoms with Crippen LogP contribution in [0.25, 0.3) is 5.82 Å². The Kier molecular flexibility index (Phi) is 8.24. The quantitative estimate of drug-likeness (QED) is 0.570. The normalized spacial score (nSPS) is 15.7. The van der Waals surface area contributed by atoms with Gasteiger partial charge in [0, 0.05) is 56.4 Å². The lowest BCUT2D eigenvalue weighted by molar-refractivity contribution is -0.192. The van der Waals surface area contributed by atoms with Crippen LogP contribution in [-0.4, -0.2) is 73.5 Å². The van der Waals surface area contributed by atoms with Crippen LogP contribution in [-0.2, 0) is 18.4 Å². The highest BCUT2D eigenvalue weighted by Crippen LogP contribution is 2.24. The summed E-state index contributed by atoms with van der Waals surface area (Å²) >= 11 is 0. The number of carbonyl (C=O) groups is 2. The molecular weight excluding hydrogens is 475 g/mol. The minimum absolute atomic E-state index is 0.121. The molecule has 0 aliphatic carbocycles. The van der Waals surface area contributed by atoms with Gasteiger partial charge in [-0.3, -0.25) is 14.4 Å². The number of benzene rings is 1. The topological polar surface area (TPSA) is 83.6 Å². The van der Waals surface area contributed by atoms with Crippen molar-refractivity contribution in [2.45, 2.75) is 39.0 Å². The van der Waals surface area contributed by atoms with Gasteiger partial charge in [0.2, 0.25) is 0 Å². The van der Waals surface area contributed by atoms with Crippen LogP contribution in [0.5, 0.6) is 0 Å². The third-order valence-corrected chi connectivity index (χ3v) is 6.18. The van der Waals surface area contributed by atoms with E-state index in [-0.39, 0.29) is 5.91 Å². The monoisotopic (exact) mass is 505 g/mol. The Morgan fingerprint density at radius 3 is 2.36 bits per heavy atom. The molecule has 36 heavy (non-hydrogen) atoms. The number of hydrogen-bond donors (Lipinski definition) is 1. The van der Waals surface area contributed by atoms with E-state index in [1.807, 2.05) is 50.2 Å². The molecule has 0 spiro atoms. The first kappa shape index (κ1) is 27.0. The van der Waals surface area contributed by atoms with Crippen molar-refractivity contribution in [3.63, 3.8) is 0 Å². The maximum Gasteiger partial charge on any atom is 0.490 e. The van der Waals surface area contributed by atoms with Crippen LogP contribution < -0.4 is 0 Å². The fraction of sp³-hybridized carbons (Fsp3) is 0.400. The number of nitrogens with zero attached hydrogens (tertiary/aromatic N) is 5. The number of alkyl halides is 3. The molecular formula is C25H30F3N5O3. The van der Waals surface area contributed by atoms with Crippen molar-refractivity contribution in [2.75, 3.05) is 20.1 Å². The summed E-state index contributed by atoms with van der Waals surface area (Å²) in [5.41, 5.74) is 4.06. The van der Waals surface area contributed by atoms with Gasteiger partial charge < -0.3 is 14.6 Å². The summed E-state index contributed by atoms with van der Waals surface area (Å²) in [4.78, 5) is 26.5. The van der Waals surface area contributed by atoms with Crippen molar-refractivity contribution in [3.05, 3.63) is 71.2 Å². The van der Waals surface area contributed by atoms with E-state index in [9.17, 15) is 18.0 Å². The van der Waals surface area contributed by atoms with Crippen LogP contribution >= 0.6 is 0 Å². The second kappa shape index (κ2) is 11.0. The first-order valence-corrected chi connectivity index (χ1v) is 11.4. The standard InChI is InChI=1S/C23H29N5O.C2HF3O2/c1-17-14-21(18(2)28(17)22-11-12-26(4)24-22)23(29)27-13-10-20(16-27)25(3)15-19-8-6-5-7-9-19;3-2(4,5)1(6)7/h5-9,11-12,14,20H,10,13,15-16H2,1-4H3;(H,6,7). The Labute approximate surface area is 207 Å². The first-order valence-electron chi connectivity index (χ1n) is 11.4. The lowest BCUT2D eigenvalue weighted by atomic mass is 10.1. The SMILES string of the molecule is Cc1cc(C(=O)N2CCC(N(C)Cc3ccccc3)C2)c(C)n1-c1ccn(C)n1.O=C(O)C(F)(F)F. The number of halogens is 3. The number of amides is 1. The highest BCUT2D eigenvalue weighted by Gasteiger charge is 2.38. The van der Waals surface area contributed by atoms with Crippen molar-refractivity contribution in [2.24, 2.45) is 7.05 Å². The minimum atomic E-state index is -5.08. The van der Waals surface area contributed by atoms with Crippen LogP contribution in [0, 0.1) is 13.8 Å². The van der Waals surface area contributed by atoms with Gasteiger partial charge in [0.15, 0.2) is 5.82 Å². The van der Waals surface area contributed by atoms with Gasteiger partial charge in [0.05, 0.1) is 5.56 Å². The van der Waals surface area contributed by atoms with E-state index < -0.39 is 12.1 Å². The second-order valence-electron chi connectivity index (χ2n) is 8.87. The Bertz CT molecular complexity index is 1200. The summed E-state index contributed by atoms with van der Waals surface area (Å²) in [6, 6.07) is 14.9. The fourth-order valence-corrected chi connectivity index (χ4v) is 4.31. The number of likely N-dealkylation sites (tertiary alicyclic amines) is 1. The van der Waals surface area contributed by atoms with E-state index in [1.54, 1.807) is 4.68 Å². The molecule has 3 heterocycles. The van der Waals surface area contributed by atoms with E-state index in [0.29, 0.717) is 6.04 Å². The summed E-state index contributed by atoms with van der Waals surface area (Å²) in [7, 11) is 4.05. The predicted octanol–water partition coefficient (Wildman–Crippen LogP) is 3.81. The third-order valence-electron chi connectivity index (χ3n) is 6.18. The molecule has 1 unspecified atom stereocenters. The molecule has 0 saturated carbocycles. The Morgan fingerprint density at radius 2 is 1.81 bits per heavy atom. The largest absolute Gasteiger partial charge is 0.490 e. The van der Waals surface area contributed by atoms with Crippen LogP contribution in [0.4, 0.5) is 13.2 Å². The molecule has 1 atom stereocenters. The smallest absolute Gasteiger partial charge is 0.475 e. The highest BCUT2D eigenvalue weighted by atomic mass is 19.4. The predicted molar refractivity (Wildman–Crippen MR) is 128 cm³/mol. The number of carbonyl (C=O) groups excluding carboxylic acids is 1. The molecule has 8 nitrogen and oxygen atoms in total. The van der Waals surface area contributed by atoms with E-state index >= 15 is 0 Å². The summed E-state index contributed by atoms with van der Waals surface area (Å²) in [6.07, 6.45) is -2.16. The third kappa shape index (κ3) is 6.34. The molecule has 0 radical (unpaired) electrons. The van der Waals surface area contributed by atoms with E-state index in [1.165, 1.54) is 5.56 Å². The molecule has 1 aliphatic heterocycles. The molecule has 1 aromatic carbocycles. The summed E-state index contributed by atoms with van der Waals surface area (Å²) in [5, 5.41) is 11.6. The number of rotatable bonds is 5. The zero-order valence-corrected chi connectivity index (χ0v) is 20.7. The van der Waals surface area contributed by atoms with Gasteiger partial charge in [0.25, 0.3) is 5.91 Å². The number of hydrogen-bond acceptors (Lipinski definition) is 4. The van der Waals surface area contributed by atoms with E-state index in [0.717, 1.165) is 48.8 Å². The fourth-order valence-electron chi connectivity index (χ4n) is 4.31. The van der Waals surface area contributed by atoms with Crippen LogP contribution in [0.15, 0.2) is 48.7 Å². The van der Waals surface area contributed by atoms with Crippen LogP contribution in [0.1, 0.15) is 33.7 Å². The van der Waals surface area contributed by atoms with Crippen molar-refractivity contribution < 1.29 is 27.9 Å². The summed E-state index contributed by atoms with van der Waals surface area (Å²) in [6.45, 7) is 6.51. The minimum Gasteiger partial charge on any atom is -0.475 e. The molecule has 11 heteroatoms. The number of aromatic nitrogens is 3. The molecule has 1 saturated heterocycles. The molecule has 1 N–H and O–H groups in total. The van der Waals surface area contributed by atoms with Crippen LogP contribution in [0.3, 0.4) is 0 Å². The number of likely N-dealkylation sites (N-methyl/N-ethyl adjacent to an activating group) is 1.